The minimum absolute atomic E-state index is 0.197. The van der Waals surface area contributed by atoms with E-state index in [9.17, 15) is 0 Å². The zero-order valence-corrected chi connectivity index (χ0v) is 13.5. The molecule has 1 aliphatic rings. The summed E-state index contributed by atoms with van der Waals surface area (Å²) in [4.78, 5) is 7.26. The molecule has 0 saturated heterocycles. The summed E-state index contributed by atoms with van der Waals surface area (Å²) in [6, 6.07) is 19.4. The molecule has 2 atom stereocenters. The van der Waals surface area contributed by atoms with Gasteiger partial charge in [0.25, 0.3) is 0 Å². The van der Waals surface area contributed by atoms with Gasteiger partial charge in [-0.1, -0.05) is 71.9 Å². The van der Waals surface area contributed by atoms with Gasteiger partial charge in [-0.2, -0.15) is 0 Å². The van der Waals surface area contributed by atoms with E-state index in [0.717, 1.165) is 5.04 Å². The molecule has 1 aliphatic heterocycles. The van der Waals surface area contributed by atoms with Crippen LogP contribution in [0.15, 0.2) is 59.6 Å². The molecule has 108 valence electrons. The predicted octanol–water partition coefficient (Wildman–Crippen LogP) is 4.12. The lowest BCUT2D eigenvalue weighted by molar-refractivity contribution is 0.349. The molecule has 2 unspecified atom stereocenters. The fourth-order valence-corrected chi connectivity index (χ4v) is 3.75. The van der Waals surface area contributed by atoms with Crippen molar-refractivity contribution < 1.29 is 0 Å². The highest BCUT2D eigenvalue weighted by atomic mass is 32.2. The van der Waals surface area contributed by atoms with Crippen molar-refractivity contribution in [3.8, 4) is 0 Å². The van der Waals surface area contributed by atoms with Crippen molar-refractivity contribution in [3.63, 3.8) is 0 Å². The summed E-state index contributed by atoms with van der Waals surface area (Å²) < 4.78 is 0. The smallest absolute Gasteiger partial charge is 0.101 e. The molecule has 3 heteroatoms. The first kappa shape index (κ1) is 14.4. The van der Waals surface area contributed by atoms with Gasteiger partial charge in [-0.25, -0.2) is 0 Å². The van der Waals surface area contributed by atoms with E-state index < -0.39 is 0 Å². The Labute approximate surface area is 130 Å². The van der Waals surface area contributed by atoms with Crippen LogP contribution in [0.3, 0.4) is 0 Å². The van der Waals surface area contributed by atoms with E-state index in [-0.39, 0.29) is 6.04 Å². The average Bonchev–Trinajstić information content (AvgIpc) is 2.94. The quantitative estimate of drug-likeness (QED) is 0.847. The molecular weight excluding hydrogens is 276 g/mol. The van der Waals surface area contributed by atoms with Gasteiger partial charge in [0, 0.05) is 5.56 Å². The summed E-state index contributed by atoms with van der Waals surface area (Å²) in [7, 11) is 4.25. The molecule has 2 aromatic rings. The van der Waals surface area contributed by atoms with Crippen LogP contribution in [0.1, 0.15) is 22.7 Å². The molecule has 2 aromatic carbocycles. The van der Waals surface area contributed by atoms with Crippen LogP contribution in [-0.4, -0.2) is 29.4 Å². The number of aliphatic imine (C=N–C) groups is 1. The van der Waals surface area contributed by atoms with Gasteiger partial charge < -0.3 is 0 Å². The average molecular weight is 296 g/mol. The molecule has 0 N–H and O–H groups in total. The van der Waals surface area contributed by atoms with Crippen molar-refractivity contribution in [1.82, 2.24) is 4.90 Å². The molecule has 0 aliphatic carbocycles. The van der Waals surface area contributed by atoms with E-state index in [1.54, 1.807) is 0 Å². The number of thioether (sulfide) groups is 1. The number of rotatable bonds is 3. The van der Waals surface area contributed by atoms with Crippen molar-refractivity contribution in [2.75, 3.05) is 14.1 Å². The minimum atomic E-state index is 0.197. The zero-order valence-electron chi connectivity index (χ0n) is 12.7. The molecule has 3 rings (SSSR count). The van der Waals surface area contributed by atoms with Gasteiger partial charge in [0.1, 0.15) is 11.1 Å². The Hall–Kier alpha value is -1.58. The Kier molecular flexibility index (Phi) is 4.13. The van der Waals surface area contributed by atoms with E-state index in [1.165, 1.54) is 16.7 Å². The normalized spacial score (nSPS) is 21.6. The molecule has 21 heavy (non-hydrogen) atoms. The molecule has 0 spiro atoms. The third kappa shape index (κ3) is 3.04. The standard InChI is InChI=1S/C18H20N2S/c1-13-9-11-15(12-10-13)17-19-16(18(21-17)20(2)3)14-7-5-4-6-8-14/h4-12,16,18H,1-3H3. The number of aryl methyl sites for hydroxylation is 1. The van der Waals surface area contributed by atoms with Crippen LogP contribution in [0.4, 0.5) is 0 Å². The van der Waals surface area contributed by atoms with Gasteiger partial charge in [0.05, 0.1) is 5.37 Å². The van der Waals surface area contributed by atoms with Gasteiger partial charge in [-0.15, -0.1) is 0 Å². The molecule has 0 fully saturated rings. The van der Waals surface area contributed by atoms with Gasteiger partial charge >= 0.3 is 0 Å². The molecule has 0 amide bonds. The second-order valence-corrected chi connectivity index (χ2v) is 6.73. The number of benzene rings is 2. The van der Waals surface area contributed by atoms with Crippen LogP contribution in [0.5, 0.6) is 0 Å². The van der Waals surface area contributed by atoms with Gasteiger partial charge in [0.2, 0.25) is 0 Å². The Morgan fingerprint density at radius 3 is 2.24 bits per heavy atom. The SMILES string of the molecule is Cc1ccc(C2=NC(c3ccccc3)C(N(C)C)S2)cc1. The number of nitrogens with zero attached hydrogens (tertiary/aromatic N) is 2. The fourth-order valence-electron chi connectivity index (χ4n) is 2.52. The molecule has 2 nitrogen and oxygen atoms in total. The van der Waals surface area contributed by atoms with Crippen LogP contribution in [0, 0.1) is 6.92 Å². The number of hydrogen-bond acceptors (Lipinski definition) is 3. The van der Waals surface area contributed by atoms with Crippen LogP contribution >= 0.6 is 11.8 Å². The van der Waals surface area contributed by atoms with Gasteiger partial charge in [0.15, 0.2) is 0 Å². The van der Waals surface area contributed by atoms with E-state index in [2.05, 4.69) is 80.5 Å². The van der Waals surface area contributed by atoms with E-state index in [4.69, 9.17) is 4.99 Å². The molecular formula is C18H20N2S. The Morgan fingerprint density at radius 1 is 0.952 bits per heavy atom. The Morgan fingerprint density at radius 2 is 1.62 bits per heavy atom. The third-order valence-corrected chi connectivity index (χ3v) is 5.19. The van der Waals surface area contributed by atoms with Crippen LogP contribution in [0.25, 0.3) is 0 Å². The molecule has 0 aromatic heterocycles. The first-order chi connectivity index (χ1) is 10.1. The topological polar surface area (TPSA) is 15.6 Å². The summed E-state index contributed by atoms with van der Waals surface area (Å²) in [6.07, 6.45) is 0. The van der Waals surface area contributed by atoms with Crippen molar-refractivity contribution in [2.45, 2.75) is 18.3 Å². The Balaban J connectivity index is 1.95. The van der Waals surface area contributed by atoms with Crippen molar-refractivity contribution in [2.24, 2.45) is 4.99 Å². The third-order valence-electron chi connectivity index (χ3n) is 3.71. The highest BCUT2D eigenvalue weighted by Crippen LogP contribution is 2.40. The lowest BCUT2D eigenvalue weighted by Crippen LogP contribution is -2.28. The summed E-state index contributed by atoms with van der Waals surface area (Å²) in [5.74, 6) is 0. The first-order valence-electron chi connectivity index (χ1n) is 7.18. The van der Waals surface area contributed by atoms with Crippen LogP contribution < -0.4 is 0 Å². The van der Waals surface area contributed by atoms with Gasteiger partial charge in [-0.3, -0.25) is 9.89 Å². The van der Waals surface area contributed by atoms with E-state index in [0.29, 0.717) is 5.37 Å². The zero-order chi connectivity index (χ0) is 14.8. The lowest BCUT2D eigenvalue weighted by Gasteiger charge is -2.24. The largest absolute Gasteiger partial charge is 0.295 e. The maximum atomic E-state index is 5.00. The second-order valence-electron chi connectivity index (χ2n) is 5.63. The maximum absolute atomic E-state index is 5.00. The fraction of sp³-hybridized carbons (Fsp3) is 0.278. The monoisotopic (exact) mass is 296 g/mol. The first-order valence-corrected chi connectivity index (χ1v) is 8.06. The summed E-state index contributed by atoms with van der Waals surface area (Å²) in [5.41, 5.74) is 3.79. The highest BCUT2D eigenvalue weighted by Gasteiger charge is 2.33. The maximum Gasteiger partial charge on any atom is 0.101 e. The molecule has 0 radical (unpaired) electrons. The lowest BCUT2D eigenvalue weighted by atomic mass is 10.1. The summed E-state index contributed by atoms with van der Waals surface area (Å²) >= 11 is 1.86. The van der Waals surface area contributed by atoms with Crippen molar-refractivity contribution >= 4 is 16.8 Å². The summed E-state index contributed by atoms with van der Waals surface area (Å²) in [6.45, 7) is 2.11. The van der Waals surface area contributed by atoms with Gasteiger partial charge in [-0.05, 0) is 26.6 Å². The predicted molar refractivity (Wildman–Crippen MR) is 92.0 cm³/mol. The molecule has 0 bridgehead atoms. The van der Waals surface area contributed by atoms with Crippen LogP contribution in [0.2, 0.25) is 0 Å². The second kappa shape index (κ2) is 6.04. The minimum Gasteiger partial charge on any atom is -0.295 e. The van der Waals surface area contributed by atoms with Crippen LogP contribution in [-0.2, 0) is 0 Å². The highest BCUT2D eigenvalue weighted by molar-refractivity contribution is 8.15. The summed E-state index contributed by atoms with van der Waals surface area (Å²) in [5, 5.41) is 1.49. The van der Waals surface area contributed by atoms with Crippen molar-refractivity contribution in [1.29, 1.82) is 0 Å². The molecule has 1 heterocycles. The van der Waals surface area contributed by atoms with E-state index >= 15 is 0 Å². The molecule has 0 saturated carbocycles. The van der Waals surface area contributed by atoms with E-state index in [1.807, 2.05) is 11.8 Å². The number of hydrogen-bond donors (Lipinski definition) is 0. The number of likely N-dealkylation sites (N-methyl/N-ethyl adjacent to an activating group) is 1. The Bertz CT molecular complexity index is 632. The van der Waals surface area contributed by atoms with Crippen molar-refractivity contribution in [3.05, 3.63) is 71.3 Å².